The van der Waals surface area contributed by atoms with Gasteiger partial charge in [0.15, 0.2) is 0 Å². The molecule has 1 amide bonds. The number of hydrogen-bond donors (Lipinski definition) is 0. The van der Waals surface area contributed by atoms with Gasteiger partial charge in [-0.05, 0) is 30.7 Å². The average Bonchev–Trinajstić information content (AvgIpc) is 2.47. The van der Waals surface area contributed by atoms with Crippen LogP contribution in [0.5, 0.6) is 0 Å². The fourth-order valence-corrected chi connectivity index (χ4v) is 2.52. The van der Waals surface area contributed by atoms with Crippen LogP contribution < -0.4 is 0 Å². The van der Waals surface area contributed by atoms with E-state index in [9.17, 15) is 4.79 Å². The minimum Gasteiger partial charge on any atom is -0.335 e. The van der Waals surface area contributed by atoms with Gasteiger partial charge in [-0.1, -0.05) is 57.9 Å². The second-order valence-electron chi connectivity index (χ2n) is 4.43. The highest BCUT2D eigenvalue weighted by Gasteiger charge is 2.17. The van der Waals surface area contributed by atoms with Crippen LogP contribution in [-0.2, 0) is 6.54 Å². The van der Waals surface area contributed by atoms with Gasteiger partial charge in [-0.3, -0.25) is 4.79 Å². The van der Waals surface area contributed by atoms with Gasteiger partial charge < -0.3 is 4.90 Å². The summed E-state index contributed by atoms with van der Waals surface area (Å²) in [6.45, 7) is 3.18. The van der Waals surface area contributed by atoms with Crippen molar-refractivity contribution in [3.63, 3.8) is 0 Å². The van der Waals surface area contributed by atoms with E-state index in [0.717, 1.165) is 10.0 Å². The molecule has 0 aliphatic rings. The molecule has 20 heavy (non-hydrogen) atoms. The topological polar surface area (TPSA) is 20.3 Å². The van der Waals surface area contributed by atoms with Crippen LogP contribution >= 0.6 is 27.5 Å². The Morgan fingerprint density at radius 2 is 1.90 bits per heavy atom. The van der Waals surface area contributed by atoms with Crippen molar-refractivity contribution in [2.75, 3.05) is 6.54 Å². The molecule has 2 rings (SSSR count). The third-order valence-electron chi connectivity index (χ3n) is 3.04. The van der Waals surface area contributed by atoms with Gasteiger partial charge in [-0.2, -0.15) is 0 Å². The summed E-state index contributed by atoms with van der Waals surface area (Å²) in [5, 5.41) is 0.477. The zero-order chi connectivity index (χ0) is 14.5. The van der Waals surface area contributed by atoms with Crippen molar-refractivity contribution in [3.8, 4) is 0 Å². The maximum Gasteiger partial charge on any atom is 0.255 e. The van der Waals surface area contributed by atoms with Crippen molar-refractivity contribution in [1.82, 2.24) is 4.90 Å². The Labute approximate surface area is 132 Å². The van der Waals surface area contributed by atoms with Crippen molar-refractivity contribution in [2.45, 2.75) is 13.5 Å². The molecule has 0 aromatic heterocycles. The molecular weight excluding hydrogens is 338 g/mol. The summed E-state index contributed by atoms with van der Waals surface area (Å²) in [5.41, 5.74) is 1.63. The van der Waals surface area contributed by atoms with E-state index >= 15 is 0 Å². The van der Waals surface area contributed by atoms with Crippen molar-refractivity contribution in [3.05, 3.63) is 69.2 Å². The number of hydrogen-bond acceptors (Lipinski definition) is 1. The van der Waals surface area contributed by atoms with Crippen LogP contribution in [0.4, 0.5) is 0 Å². The van der Waals surface area contributed by atoms with E-state index in [-0.39, 0.29) is 5.91 Å². The van der Waals surface area contributed by atoms with Gasteiger partial charge in [0.25, 0.3) is 5.91 Å². The summed E-state index contributed by atoms with van der Waals surface area (Å²) >= 11 is 9.50. The van der Waals surface area contributed by atoms with E-state index < -0.39 is 0 Å². The molecule has 2 nitrogen and oxygen atoms in total. The van der Waals surface area contributed by atoms with Gasteiger partial charge in [0.05, 0.1) is 10.6 Å². The molecule has 0 radical (unpaired) electrons. The number of rotatable bonds is 4. The molecule has 0 saturated heterocycles. The number of carbonyl (C=O) groups excluding carboxylic acids is 1. The third kappa shape index (κ3) is 3.62. The van der Waals surface area contributed by atoms with Gasteiger partial charge in [-0.15, -0.1) is 0 Å². The minimum atomic E-state index is -0.0531. The molecule has 0 unspecified atom stereocenters. The second kappa shape index (κ2) is 6.91. The van der Waals surface area contributed by atoms with Crippen LogP contribution in [0.15, 0.2) is 53.0 Å². The van der Waals surface area contributed by atoms with Crippen LogP contribution in [0.2, 0.25) is 5.02 Å². The Bertz CT molecular complexity index is 601. The lowest BCUT2D eigenvalue weighted by molar-refractivity contribution is 0.0752. The molecule has 104 valence electrons. The largest absolute Gasteiger partial charge is 0.335 e. The van der Waals surface area contributed by atoms with Gasteiger partial charge in [0.2, 0.25) is 0 Å². The predicted octanol–water partition coefficient (Wildman–Crippen LogP) is 4.76. The van der Waals surface area contributed by atoms with Crippen molar-refractivity contribution < 1.29 is 4.79 Å². The molecule has 0 spiro atoms. The summed E-state index contributed by atoms with van der Waals surface area (Å²) in [6, 6.07) is 15.3. The standard InChI is InChI=1S/C16H15BrClNO/c1-2-19(11-12-6-4-3-5-7-12)16(20)14-10-13(17)8-9-15(14)18/h3-10H,2,11H2,1H3. The van der Waals surface area contributed by atoms with Gasteiger partial charge in [0.1, 0.15) is 0 Å². The first-order chi connectivity index (χ1) is 9.61. The van der Waals surface area contributed by atoms with Crippen LogP contribution in [-0.4, -0.2) is 17.4 Å². The smallest absolute Gasteiger partial charge is 0.255 e. The van der Waals surface area contributed by atoms with E-state index in [2.05, 4.69) is 15.9 Å². The Balaban J connectivity index is 2.23. The number of carbonyl (C=O) groups is 1. The number of benzene rings is 2. The van der Waals surface area contributed by atoms with Crippen molar-refractivity contribution in [2.24, 2.45) is 0 Å². The van der Waals surface area contributed by atoms with Crippen LogP contribution in [0.3, 0.4) is 0 Å². The van der Waals surface area contributed by atoms with Crippen LogP contribution in [0.25, 0.3) is 0 Å². The molecule has 0 fully saturated rings. The first-order valence-corrected chi connectivity index (χ1v) is 7.57. The van der Waals surface area contributed by atoms with E-state index in [1.54, 1.807) is 17.0 Å². The monoisotopic (exact) mass is 351 g/mol. The summed E-state index contributed by atoms with van der Waals surface area (Å²) in [5.74, 6) is -0.0531. The minimum absolute atomic E-state index is 0.0531. The molecule has 0 heterocycles. The van der Waals surface area contributed by atoms with Crippen LogP contribution in [0.1, 0.15) is 22.8 Å². The quantitative estimate of drug-likeness (QED) is 0.776. The first-order valence-electron chi connectivity index (χ1n) is 6.40. The Hall–Kier alpha value is -1.32. The summed E-state index contributed by atoms with van der Waals surface area (Å²) < 4.78 is 0.848. The van der Waals surface area contributed by atoms with Crippen LogP contribution in [0, 0.1) is 0 Å². The third-order valence-corrected chi connectivity index (χ3v) is 3.87. The predicted molar refractivity (Wildman–Crippen MR) is 86.0 cm³/mol. The zero-order valence-electron chi connectivity index (χ0n) is 11.1. The Morgan fingerprint density at radius 1 is 1.20 bits per heavy atom. The molecule has 0 bridgehead atoms. The lowest BCUT2D eigenvalue weighted by Gasteiger charge is -2.21. The van der Waals surface area contributed by atoms with Gasteiger partial charge in [0, 0.05) is 17.6 Å². The highest BCUT2D eigenvalue weighted by atomic mass is 79.9. The van der Waals surface area contributed by atoms with E-state index in [4.69, 9.17) is 11.6 Å². The highest BCUT2D eigenvalue weighted by molar-refractivity contribution is 9.10. The van der Waals surface area contributed by atoms with E-state index in [0.29, 0.717) is 23.7 Å². The summed E-state index contributed by atoms with van der Waals surface area (Å²) in [7, 11) is 0. The number of nitrogens with zero attached hydrogens (tertiary/aromatic N) is 1. The van der Waals surface area contributed by atoms with E-state index in [1.165, 1.54) is 0 Å². The second-order valence-corrected chi connectivity index (χ2v) is 5.75. The molecule has 0 aliphatic carbocycles. The van der Waals surface area contributed by atoms with Crippen molar-refractivity contribution in [1.29, 1.82) is 0 Å². The molecule has 0 aliphatic heterocycles. The van der Waals surface area contributed by atoms with Crippen molar-refractivity contribution >= 4 is 33.4 Å². The molecule has 0 N–H and O–H groups in total. The maximum absolute atomic E-state index is 12.6. The fraction of sp³-hybridized carbons (Fsp3) is 0.188. The van der Waals surface area contributed by atoms with Gasteiger partial charge >= 0.3 is 0 Å². The molecule has 0 atom stereocenters. The van der Waals surface area contributed by atoms with E-state index in [1.807, 2.05) is 43.3 Å². The molecular formula is C16H15BrClNO. The normalized spacial score (nSPS) is 10.3. The fourth-order valence-electron chi connectivity index (χ4n) is 1.96. The first kappa shape index (κ1) is 15.1. The van der Waals surface area contributed by atoms with Gasteiger partial charge in [-0.25, -0.2) is 0 Å². The SMILES string of the molecule is CCN(Cc1ccccc1)C(=O)c1cc(Br)ccc1Cl. The molecule has 2 aromatic carbocycles. The average molecular weight is 353 g/mol. The lowest BCUT2D eigenvalue weighted by Crippen LogP contribution is -2.30. The molecule has 2 aromatic rings. The number of halogens is 2. The summed E-state index contributed by atoms with van der Waals surface area (Å²) in [6.07, 6.45) is 0. The zero-order valence-corrected chi connectivity index (χ0v) is 13.5. The lowest BCUT2D eigenvalue weighted by atomic mass is 10.1. The Morgan fingerprint density at radius 3 is 2.55 bits per heavy atom. The molecule has 4 heteroatoms. The highest BCUT2D eigenvalue weighted by Crippen LogP contribution is 2.23. The summed E-state index contributed by atoms with van der Waals surface area (Å²) in [4.78, 5) is 14.4. The molecule has 0 saturated carbocycles. The maximum atomic E-state index is 12.6. The number of amides is 1. The Kier molecular flexibility index (Phi) is 5.21.